The number of halogens is 4. The van der Waals surface area contributed by atoms with Crippen molar-refractivity contribution in [1.82, 2.24) is 20.2 Å². The van der Waals surface area contributed by atoms with Crippen molar-refractivity contribution in [3.05, 3.63) is 40.2 Å². The number of benzene rings is 1. The second-order valence-corrected chi connectivity index (χ2v) is 6.43. The van der Waals surface area contributed by atoms with Gasteiger partial charge >= 0.3 is 6.18 Å². The fourth-order valence-electron chi connectivity index (χ4n) is 3.08. The molecule has 156 valence electrons. The number of carbonyl (C=O) groups is 2. The first-order chi connectivity index (χ1) is 13.7. The SMILES string of the molecule is COc1ccc(Cl)c(OC)c1C(=O)N1CCCN1C(=O)c1cn[nH]c1C(F)(F)F. The number of aromatic amines is 1. The Morgan fingerprint density at radius 3 is 2.38 bits per heavy atom. The maximum Gasteiger partial charge on any atom is 0.433 e. The molecule has 1 fully saturated rings. The number of alkyl halides is 3. The van der Waals surface area contributed by atoms with Gasteiger partial charge < -0.3 is 9.47 Å². The second kappa shape index (κ2) is 7.82. The van der Waals surface area contributed by atoms with Crippen LogP contribution >= 0.6 is 11.6 Å². The average Bonchev–Trinajstić information content (AvgIpc) is 3.35. The summed E-state index contributed by atoms with van der Waals surface area (Å²) in [7, 11) is 2.65. The van der Waals surface area contributed by atoms with E-state index in [4.69, 9.17) is 21.1 Å². The number of H-pyrrole nitrogens is 1. The van der Waals surface area contributed by atoms with E-state index in [9.17, 15) is 22.8 Å². The van der Waals surface area contributed by atoms with Crippen LogP contribution in [0.1, 0.15) is 32.8 Å². The number of rotatable bonds is 4. The number of methoxy groups -OCH3 is 2. The molecule has 8 nitrogen and oxygen atoms in total. The molecule has 1 aliphatic heterocycles. The van der Waals surface area contributed by atoms with Crippen molar-refractivity contribution in [3.8, 4) is 11.5 Å². The third-order valence-electron chi connectivity index (χ3n) is 4.36. The molecule has 0 atom stereocenters. The van der Waals surface area contributed by atoms with Gasteiger partial charge in [0.05, 0.1) is 31.0 Å². The van der Waals surface area contributed by atoms with Crippen molar-refractivity contribution in [2.75, 3.05) is 27.3 Å². The molecule has 1 saturated heterocycles. The van der Waals surface area contributed by atoms with Gasteiger partial charge in [-0.05, 0) is 18.6 Å². The standard InChI is InChI=1S/C17H16ClF3N4O4/c1-28-11-5-4-10(18)13(29-2)12(11)16(27)25-7-3-6-24(25)15(26)9-8-22-23-14(9)17(19,20)21/h4-5,8H,3,6-7H2,1-2H3,(H,22,23). The summed E-state index contributed by atoms with van der Waals surface area (Å²) in [5.41, 5.74) is -1.99. The lowest BCUT2D eigenvalue weighted by Crippen LogP contribution is -2.45. The lowest BCUT2D eigenvalue weighted by molar-refractivity contribution is -0.141. The minimum absolute atomic E-state index is 0.0366. The van der Waals surface area contributed by atoms with Gasteiger partial charge in [0.15, 0.2) is 11.4 Å². The topological polar surface area (TPSA) is 87.8 Å². The maximum absolute atomic E-state index is 13.2. The van der Waals surface area contributed by atoms with Crippen LogP contribution in [-0.4, -0.2) is 59.3 Å². The molecule has 29 heavy (non-hydrogen) atoms. The molecule has 3 rings (SSSR count). The van der Waals surface area contributed by atoms with Gasteiger partial charge in [-0.3, -0.25) is 14.7 Å². The third-order valence-corrected chi connectivity index (χ3v) is 4.66. The lowest BCUT2D eigenvalue weighted by Gasteiger charge is -2.29. The minimum Gasteiger partial charge on any atom is -0.496 e. The Hall–Kier alpha value is -2.95. The van der Waals surface area contributed by atoms with E-state index in [-0.39, 0.29) is 35.2 Å². The number of hydrazine groups is 1. The molecule has 1 aliphatic rings. The highest BCUT2D eigenvalue weighted by molar-refractivity contribution is 6.32. The highest BCUT2D eigenvalue weighted by Gasteiger charge is 2.41. The molecule has 2 amide bonds. The number of hydrogen-bond acceptors (Lipinski definition) is 5. The fraction of sp³-hybridized carbons (Fsp3) is 0.353. The van der Waals surface area contributed by atoms with Crippen molar-refractivity contribution in [2.45, 2.75) is 12.6 Å². The summed E-state index contributed by atoms with van der Waals surface area (Å²) in [5, 5.41) is 7.24. The molecule has 12 heteroatoms. The summed E-state index contributed by atoms with van der Waals surface area (Å²) < 4.78 is 49.8. The number of carbonyl (C=O) groups excluding carboxylic acids is 2. The van der Waals surface area contributed by atoms with Crippen LogP contribution in [0.25, 0.3) is 0 Å². The van der Waals surface area contributed by atoms with Gasteiger partial charge in [-0.2, -0.15) is 18.3 Å². The first-order valence-corrected chi connectivity index (χ1v) is 8.73. The van der Waals surface area contributed by atoms with Crippen LogP contribution in [0, 0.1) is 0 Å². The Kier molecular flexibility index (Phi) is 5.60. The Bertz CT molecular complexity index is 947. The van der Waals surface area contributed by atoms with Gasteiger partial charge in [0, 0.05) is 13.1 Å². The number of aromatic nitrogens is 2. The molecule has 0 unspecified atom stereocenters. The van der Waals surface area contributed by atoms with E-state index in [1.54, 1.807) is 5.10 Å². The molecular weight excluding hydrogens is 417 g/mol. The molecule has 1 aromatic heterocycles. The van der Waals surface area contributed by atoms with Gasteiger partial charge in [-0.15, -0.1) is 0 Å². The predicted molar refractivity (Wildman–Crippen MR) is 94.8 cm³/mol. The zero-order chi connectivity index (χ0) is 21.3. The molecule has 0 radical (unpaired) electrons. The smallest absolute Gasteiger partial charge is 0.433 e. The van der Waals surface area contributed by atoms with Crippen LogP contribution in [0.4, 0.5) is 13.2 Å². The van der Waals surface area contributed by atoms with Crippen LogP contribution < -0.4 is 9.47 Å². The first kappa shape index (κ1) is 20.8. The van der Waals surface area contributed by atoms with E-state index in [1.807, 2.05) is 0 Å². The van der Waals surface area contributed by atoms with E-state index in [0.29, 0.717) is 6.42 Å². The largest absolute Gasteiger partial charge is 0.496 e. The zero-order valence-electron chi connectivity index (χ0n) is 15.3. The molecule has 1 aromatic carbocycles. The van der Waals surface area contributed by atoms with E-state index in [2.05, 4.69) is 5.10 Å². The summed E-state index contributed by atoms with van der Waals surface area (Å²) in [6.45, 7) is 0.168. The van der Waals surface area contributed by atoms with E-state index < -0.39 is 29.2 Å². The Morgan fingerprint density at radius 2 is 1.79 bits per heavy atom. The summed E-state index contributed by atoms with van der Waals surface area (Å²) in [4.78, 5) is 26.0. The van der Waals surface area contributed by atoms with Crippen molar-refractivity contribution < 1.29 is 32.2 Å². The number of amides is 2. The summed E-state index contributed by atoms with van der Waals surface area (Å²) >= 11 is 6.09. The first-order valence-electron chi connectivity index (χ1n) is 8.35. The van der Waals surface area contributed by atoms with Crippen LogP contribution in [-0.2, 0) is 6.18 Å². The highest BCUT2D eigenvalue weighted by atomic mass is 35.5. The summed E-state index contributed by atoms with van der Waals surface area (Å²) in [6, 6.07) is 2.93. The van der Waals surface area contributed by atoms with Gasteiger partial charge in [0.25, 0.3) is 11.8 Å². The normalized spacial score (nSPS) is 14.3. The molecule has 0 saturated carbocycles. The molecular formula is C17H16ClF3N4O4. The summed E-state index contributed by atoms with van der Waals surface area (Å²) in [5.74, 6) is -1.51. The molecule has 2 heterocycles. The fourth-order valence-corrected chi connectivity index (χ4v) is 3.31. The average molecular weight is 433 g/mol. The van der Waals surface area contributed by atoms with Gasteiger partial charge in [0.2, 0.25) is 0 Å². The molecule has 2 aromatic rings. The number of hydrogen-bond donors (Lipinski definition) is 1. The lowest BCUT2D eigenvalue weighted by atomic mass is 10.1. The van der Waals surface area contributed by atoms with Crippen LogP contribution in [0.5, 0.6) is 11.5 Å². The number of nitrogens with one attached hydrogen (secondary N) is 1. The Morgan fingerprint density at radius 1 is 1.14 bits per heavy atom. The second-order valence-electron chi connectivity index (χ2n) is 6.02. The molecule has 0 aliphatic carbocycles. The van der Waals surface area contributed by atoms with Crippen LogP contribution in [0.3, 0.4) is 0 Å². The van der Waals surface area contributed by atoms with Gasteiger partial charge in [0.1, 0.15) is 11.3 Å². The Labute approximate surface area is 168 Å². The third kappa shape index (κ3) is 3.69. The Balaban J connectivity index is 1.99. The molecule has 1 N–H and O–H groups in total. The zero-order valence-corrected chi connectivity index (χ0v) is 16.1. The summed E-state index contributed by atoms with van der Waals surface area (Å²) in [6.07, 6.45) is -3.63. The quantitative estimate of drug-likeness (QED) is 0.802. The number of nitrogens with zero attached hydrogens (tertiary/aromatic N) is 3. The van der Waals surface area contributed by atoms with Crippen molar-refractivity contribution in [2.24, 2.45) is 0 Å². The van der Waals surface area contributed by atoms with Crippen LogP contribution in [0.2, 0.25) is 5.02 Å². The van der Waals surface area contributed by atoms with Crippen molar-refractivity contribution in [1.29, 1.82) is 0 Å². The van der Waals surface area contributed by atoms with Crippen molar-refractivity contribution in [3.63, 3.8) is 0 Å². The van der Waals surface area contributed by atoms with Gasteiger partial charge in [-0.25, -0.2) is 10.0 Å². The van der Waals surface area contributed by atoms with Crippen molar-refractivity contribution >= 4 is 23.4 Å². The predicted octanol–water partition coefficient (Wildman–Crippen LogP) is 3.00. The van der Waals surface area contributed by atoms with E-state index in [1.165, 1.54) is 26.4 Å². The van der Waals surface area contributed by atoms with E-state index in [0.717, 1.165) is 16.2 Å². The molecule has 0 spiro atoms. The van der Waals surface area contributed by atoms with Crippen LogP contribution in [0.15, 0.2) is 18.3 Å². The molecule has 0 bridgehead atoms. The maximum atomic E-state index is 13.2. The minimum atomic E-state index is -4.80. The van der Waals surface area contributed by atoms with Gasteiger partial charge in [-0.1, -0.05) is 11.6 Å². The highest BCUT2D eigenvalue weighted by Crippen LogP contribution is 2.37. The monoisotopic (exact) mass is 432 g/mol. The van der Waals surface area contributed by atoms with E-state index >= 15 is 0 Å². The number of ether oxygens (including phenoxy) is 2.